The number of benzene rings is 1. The van der Waals surface area contributed by atoms with Gasteiger partial charge in [-0.05, 0) is 42.5 Å². The van der Waals surface area contributed by atoms with Crippen molar-refractivity contribution in [1.82, 2.24) is 4.90 Å². The third-order valence-corrected chi connectivity index (χ3v) is 3.41. The van der Waals surface area contributed by atoms with E-state index in [0.29, 0.717) is 0 Å². The van der Waals surface area contributed by atoms with Gasteiger partial charge in [-0.2, -0.15) is 0 Å². The molecule has 1 aliphatic rings. The minimum atomic E-state index is 0.787. The average molecular weight is 218 g/mol. The van der Waals surface area contributed by atoms with Crippen molar-refractivity contribution >= 4 is 5.69 Å². The van der Waals surface area contributed by atoms with Crippen LogP contribution < -0.4 is 5.73 Å². The molecular weight excluding hydrogens is 196 g/mol. The minimum absolute atomic E-state index is 0.787. The van der Waals surface area contributed by atoms with Gasteiger partial charge in [0.25, 0.3) is 0 Å². The van der Waals surface area contributed by atoms with Gasteiger partial charge in [0.2, 0.25) is 0 Å². The summed E-state index contributed by atoms with van der Waals surface area (Å²) in [5, 5.41) is 0. The standard InChI is InChI=1S/C14H22N2/c1-11(2)6-8-16-9-7-12-4-3-5-14(15)13(12)10-16/h3-5,11H,6-10,15H2,1-2H3. The molecule has 2 N–H and O–H groups in total. The van der Waals surface area contributed by atoms with Crippen LogP contribution in [0.5, 0.6) is 0 Å². The fraction of sp³-hybridized carbons (Fsp3) is 0.571. The van der Waals surface area contributed by atoms with Gasteiger partial charge in [-0.1, -0.05) is 26.0 Å². The lowest BCUT2D eigenvalue weighted by Crippen LogP contribution is -2.32. The van der Waals surface area contributed by atoms with Gasteiger partial charge in [0.1, 0.15) is 0 Å². The molecule has 0 spiro atoms. The maximum atomic E-state index is 6.03. The van der Waals surface area contributed by atoms with E-state index in [1.807, 2.05) is 6.07 Å². The first-order chi connectivity index (χ1) is 7.66. The molecule has 0 unspecified atom stereocenters. The van der Waals surface area contributed by atoms with Gasteiger partial charge in [0, 0.05) is 18.8 Å². The van der Waals surface area contributed by atoms with Gasteiger partial charge in [-0.15, -0.1) is 0 Å². The molecule has 0 radical (unpaired) electrons. The van der Waals surface area contributed by atoms with Gasteiger partial charge in [-0.3, -0.25) is 4.90 Å². The topological polar surface area (TPSA) is 29.3 Å². The zero-order valence-electron chi connectivity index (χ0n) is 10.4. The quantitative estimate of drug-likeness (QED) is 0.790. The van der Waals surface area contributed by atoms with Gasteiger partial charge < -0.3 is 5.73 Å². The Kier molecular flexibility index (Phi) is 3.49. The Morgan fingerprint density at radius 2 is 2.19 bits per heavy atom. The van der Waals surface area contributed by atoms with E-state index >= 15 is 0 Å². The zero-order valence-corrected chi connectivity index (χ0v) is 10.4. The van der Waals surface area contributed by atoms with Crippen LogP contribution in [0.1, 0.15) is 31.4 Å². The molecule has 1 heterocycles. The molecule has 0 bridgehead atoms. The highest BCUT2D eigenvalue weighted by atomic mass is 15.1. The van der Waals surface area contributed by atoms with Crippen LogP contribution in [-0.4, -0.2) is 18.0 Å². The zero-order chi connectivity index (χ0) is 11.5. The first-order valence-corrected chi connectivity index (χ1v) is 6.25. The molecule has 0 saturated carbocycles. The van der Waals surface area contributed by atoms with E-state index in [-0.39, 0.29) is 0 Å². The van der Waals surface area contributed by atoms with Crippen molar-refractivity contribution in [3.63, 3.8) is 0 Å². The summed E-state index contributed by atoms with van der Waals surface area (Å²) in [7, 11) is 0. The van der Waals surface area contributed by atoms with Crippen molar-refractivity contribution in [2.24, 2.45) is 5.92 Å². The van der Waals surface area contributed by atoms with Crippen LogP contribution in [0.4, 0.5) is 5.69 Å². The van der Waals surface area contributed by atoms with E-state index in [4.69, 9.17) is 5.73 Å². The minimum Gasteiger partial charge on any atom is -0.398 e. The second kappa shape index (κ2) is 4.88. The summed E-state index contributed by atoms with van der Waals surface area (Å²) in [6, 6.07) is 6.30. The monoisotopic (exact) mass is 218 g/mol. The van der Waals surface area contributed by atoms with Crippen LogP contribution in [0.15, 0.2) is 18.2 Å². The van der Waals surface area contributed by atoms with E-state index in [2.05, 4.69) is 30.9 Å². The van der Waals surface area contributed by atoms with E-state index < -0.39 is 0 Å². The lowest BCUT2D eigenvalue weighted by atomic mass is 9.97. The smallest absolute Gasteiger partial charge is 0.0362 e. The SMILES string of the molecule is CC(C)CCN1CCc2cccc(N)c2C1. The molecule has 1 aromatic rings. The Bertz CT molecular complexity index is 358. The van der Waals surface area contributed by atoms with E-state index in [9.17, 15) is 0 Å². The predicted octanol–water partition coefficient (Wildman–Crippen LogP) is 2.67. The number of nitrogen functional groups attached to an aromatic ring is 1. The number of hydrogen-bond acceptors (Lipinski definition) is 2. The number of hydrogen-bond donors (Lipinski definition) is 1. The highest BCUT2D eigenvalue weighted by Gasteiger charge is 2.17. The van der Waals surface area contributed by atoms with E-state index in [0.717, 1.165) is 24.6 Å². The molecule has 0 atom stereocenters. The van der Waals surface area contributed by atoms with Gasteiger partial charge in [-0.25, -0.2) is 0 Å². The van der Waals surface area contributed by atoms with Crippen molar-refractivity contribution in [2.75, 3.05) is 18.8 Å². The first-order valence-electron chi connectivity index (χ1n) is 6.25. The molecule has 16 heavy (non-hydrogen) atoms. The summed E-state index contributed by atoms with van der Waals surface area (Å²) in [5.41, 5.74) is 9.80. The van der Waals surface area contributed by atoms with Crippen molar-refractivity contribution in [2.45, 2.75) is 33.2 Å². The molecule has 1 aromatic carbocycles. The maximum Gasteiger partial charge on any atom is 0.0362 e. The van der Waals surface area contributed by atoms with Gasteiger partial charge in [0.15, 0.2) is 0 Å². The second-order valence-electron chi connectivity index (χ2n) is 5.19. The fourth-order valence-corrected chi connectivity index (χ4v) is 2.29. The Morgan fingerprint density at radius 1 is 1.38 bits per heavy atom. The van der Waals surface area contributed by atoms with Crippen LogP contribution in [-0.2, 0) is 13.0 Å². The highest BCUT2D eigenvalue weighted by Crippen LogP contribution is 2.24. The molecule has 2 nitrogen and oxygen atoms in total. The Hall–Kier alpha value is -1.02. The Morgan fingerprint density at radius 3 is 2.94 bits per heavy atom. The molecule has 0 aliphatic carbocycles. The molecule has 2 heteroatoms. The molecule has 2 rings (SSSR count). The second-order valence-corrected chi connectivity index (χ2v) is 5.19. The van der Waals surface area contributed by atoms with Crippen molar-refractivity contribution < 1.29 is 0 Å². The third-order valence-electron chi connectivity index (χ3n) is 3.41. The van der Waals surface area contributed by atoms with Crippen LogP contribution in [0.3, 0.4) is 0 Å². The predicted molar refractivity (Wildman–Crippen MR) is 69.3 cm³/mol. The van der Waals surface area contributed by atoms with Crippen molar-refractivity contribution in [1.29, 1.82) is 0 Å². The summed E-state index contributed by atoms with van der Waals surface area (Å²) in [6.07, 6.45) is 2.43. The summed E-state index contributed by atoms with van der Waals surface area (Å²) < 4.78 is 0. The number of nitrogens with zero attached hydrogens (tertiary/aromatic N) is 1. The first kappa shape index (κ1) is 11.5. The Labute approximate surface area is 98.4 Å². The molecule has 0 amide bonds. The van der Waals surface area contributed by atoms with Crippen LogP contribution in [0.2, 0.25) is 0 Å². The number of anilines is 1. The maximum absolute atomic E-state index is 6.03. The largest absolute Gasteiger partial charge is 0.398 e. The van der Waals surface area contributed by atoms with Crippen LogP contribution in [0, 0.1) is 5.92 Å². The number of nitrogens with two attached hydrogens (primary N) is 1. The summed E-state index contributed by atoms with van der Waals surface area (Å²) in [4.78, 5) is 2.53. The number of fused-ring (bicyclic) bond motifs is 1. The fourth-order valence-electron chi connectivity index (χ4n) is 2.29. The van der Waals surface area contributed by atoms with Crippen LogP contribution >= 0.6 is 0 Å². The molecule has 0 fully saturated rings. The average Bonchev–Trinajstić information content (AvgIpc) is 2.27. The summed E-state index contributed by atoms with van der Waals surface area (Å²) in [5.74, 6) is 0.787. The van der Waals surface area contributed by atoms with Gasteiger partial charge >= 0.3 is 0 Å². The number of rotatable bonds is 3. The molecule has 1 aliphatic heterocycles. The van der Waals surface area contributed by atoms with Crippen molar-refractivity contribution in [3.05, 3.63) is 29.3 Å². The molecule has 88 valence electrons. The third kappa shape index (κ3) is 2.56. The lowest BCUT2D eigenvalue weighted by Gasteiger charge is -2.30. The summed E-state index contributed by atoms with van der Waals surface area (Å²) >= 11 is 0. The Balaban J connectivity index is 2.03. The molecule has 0 aromatic heterocycles. The van der Waals surface area contributed by atoms with E-state index in [1.54, 1.807) is 0 Å². The van der Waals surface area contributed by atoms with Crippen molar-refractivity contribution in [3.8, 4) is 0 Å². The molecule has 0 saturated heterocycles. The lowest BCUT2D eigenvalue weighted by molar-refractivity contribution is 0.240. The highest BCUT2D eigenvalue weighted by molar-refractivity contribution is 5.51. The molecular formula is C14H22N2. The van der Waals surface area contributed by atoms with Crippen LogP contribution in [0.25, 0.3) is 0 Å². The van der Waals surface area contributed by atoms with E-state index in [1.165, 1.54) is 30.6 Å². The summed E-state index contributed by atoms with van der Waals surface area (Å²) in [6.45, 7) is 7.99. The van der Waals surface area contributed by atoms with Gasteiger partial charge in [0.05, 0.1) is 0 Å². The normalized spacial score (nSPS) is 16.4.